The topological polar surface area (TPSA) is 58.6 Å². The van der Waals surface area contributed by atoms with Gasteiger partial charge < -0.3 is 15.0 Å². The maximum absolute atomic E-state index is 12.4. The van der Waals surface area contributed by atoms with Crippen LogP contribution in [0.15, 0.2) is 24.3 Å². The highest BCUT2D eigenvalue weighted by molar-refractivity contribution is 5.92. The minimum absolute atomic E-state index is 0.0800. The van der Waals surface area contributed by atoms with Crippen molar-refractivity contribution in [3.8, 4) is 0 Å². The number of urea groups is 1. The normalized spacial score (nSPS) is 21.3. The summed E-state index contributed by atoms with van der Waals surface area (Å²) in [4.78, 5) is 25.9. The fraction of sp³-hybridized carbons (Fsp3) is 0.529. The van der Waals surface area contributed by atoms with E-state index in [9.17, 15) is 9.59 Å². The van der Waals surface area contributed by atoms with E-state index in [0.29, 0.717) is 17.9 Å². The van der Waals surface area contributed by atoms with Crippen molar-refractivity contribution in [3.63, 3.8) is 0 Å². The van der Waals surface area contributed by atoms with Crippen LogP contribution in [0.4, 0.5) is 10.5 Å². The molecule has 1 aromatic rings. The zero-order valence-electron chi connectivity index (χ0n) is 13.5. The van der Waals surface area contributed by atoms with Gasteiger partial charge in [-0.3, -0.25) is 0 Å². The second-order valence-electron chi connectivity index (χ2n) is 5.76. The first-order chi connectivity index (χ1) is 10.5. The molecule has 120 valence electrons. The van der Waals surface area contributed by atoms with E-state index in [4.69, 9.17) is 4.74 Å². The number of esters is 1. The minimum atomic E-state index is -0.348. The first kappa shape index (κ1) is 16.3. The van der Waals surface area contributed by atoms with E-state index < -0.39 is 0 Å². The summed E-state index contributed by atoms with van der Waals surface area (Å²) in [5.41, 5.74) is 1.17. The Morgan fingerprint density at radius 3 is 2.32 bits per heavy atom. The van der Waals surface area contributed by atoms with Crippen molar-refractivity contribution in [2.45, 2.75) is 52.1 Å². The van der Waals surface area contributed by atoms with Gasteiger partial charge in [-0.25, -0.2) is 9.59 Å². The highest BCUT2D eigenvalue weighted by Crippen LogP contribution is 2.23. The summed E-state index contributed by atoms with van der Waals surface area (Å²) in [6.07, 6.45) is 3.25. The first-order valence-corrected chi connectivity index (χ1v) is 7.89. The van der Waals surface area contributed by atoms with E-state index in [2.05, 4.69) is 19.2 Å². The minimum Gasteiger partial charge on any atom is -0.462 e. The van der Waals surface area contributed by atoms with Crippen molar-refractivity contribution in [2.24, 2.45) is 0 Å². The Bertz CT molecular complexity index is 517. The number of hydrogen-bond acceptors (Lipinski definition) is 3. The number of hydrogen-bond donors (Lipinski definition) is 1. The zero-order valence-corrected chi connectivity index (χ0v) is 13.5. The number of carbonyl (C=O) groups excluding carboxylic acids is 2. The number of piperidine rings is 1. The lowest BCUT2D eigenvalue weighted by atomic mass is 9.98. The molecule has 1 aliphatic rings. The van der Waals surface area contributed by atoms with Crippen LogP contribution in [0.2, 0.25) is 0 Å². The maximum atomic E-state index is 12.4. The molecule has 1 aromatic carbocycles. The number of rotatable bonds is 3. The molecule has 0 saturated carbocycles. The van der Waals surface area contributed by atoms with Gasteiger partial charge in [-0.15, -0.1) is 0 Å². The lowest BCUT2D eigenvalue weighted by Gasteiger charge is -2.38. The van der Waals surface area contributed by atoms with Crippen LogP contribution >= 0.6 is 0 Å². The summed E-state index contributed by atoms with van der Waals surface area (Å²) in [5, 5.41) is 2.91. The van der Waals surface area contributed by atoms with Gasteiger partial charge in [0.25, 0.3) is 0 Å². The molecule has 1 heterocycles. The average Bonchev–Trinajstić information content (AvgIpc) is 2.48. The molecule has 5 heteroatoms. The first-order valence-electron chi connectivity index (χ1n) is 7.89. The monoisotopic (exact) mass is 304 g/mol. The quantitative estimate of drug-likeness (QED) is 0.867. The number of anilines is 1. The van der Waals surface area contributed by atoms with Crippen LogP contribution in [0.1, 0.15) is 50.4 Å². The van der Waals surface area contributed by atoms with Crippen molar-refractivity contribution < 1.29 is 14.3 Å². The van der Waals surface area contributed by atoms with Crippen LogP contribution in [0.25, 0.3) is 0 Å². The molecule has 1 N–H and O–H groups in total. The van der Waals surface area contributed by atoms with E-state index >= 15 is 0 Å². The molecule has 5 nitrogen and oxygen atoms in total. The van der Waals surface area contributed by atoms with Gasteiger partial charge in [-0.05, 0) is 64.3 Å². The Morgan fingerprint density at radius 2 is 1.77 bits per heavy atom. The molecule has 1 fully saturated rings. The second-order valence-corrected chi connectivity index (χ2v) is 5.76. The van der Waals surface area contributed by atoms with Crippen molar-refractivity contribution in [2.75, 3.05) is 11.9 Å². The van der Waals surface area contributed by atoms with Crippen LogP contribution in [-0.2, 0) is 4.74 Å². The SMILES string of the molecule is CCOC(=O)c1ccc(NC(=O)N2C(C)CCCC2C)cc1. The lowest BCUT2D eigenvalue weighted by molar-refractivity contribution is 0.0526. The molecule has 2 atom stereocenters. The molecule has 2 unspecified atom stereocenters. The molecule has 2 amide bonds. The van der Waals surface area contributed by atoms with Gasteiger partial charge in [0.1, 0.15) is 0 Å². The molecule has 22 heavy (non-hydrogen) atoms. The third-order valence-electron chi connectivity index (χ3n) is 4.08. The van der Waals surface area contributed by atoms with E-state index in [1.54, 1.807) is 31.2 Å². The Balaban J connectivity index is 2.01. The number of carbonyl (C=O) groups is 2. The second kappa shape index (κ2) is 7.29. The van der Waals surface area contributed by atoms with Gasteiger partial charge in [0, 0.05) is 17.8 Å². The fourth-order valence-corrected chi connectivity index (χ4v) is 2.91. The standard InChI is InChI=1S/C17H24N2O3/c1-4-22-16(20)14-8-10-15(11-9-14)18-17(21)19-12(2)6-5-7-13(19)3/h8-13H,4-7H2,1-3H3,(H,18,21). The molecule has 0 spiro atoms. The van der Waals surface area contributed by atoms with Gasteiger partial charge in [-0.1, -0.05) is 0 Å². The molecule has 0 aromatic heterocycles. The number of nitrogens with one attached hydrogen (secondary N) is 1. The van der Waals surface area contributed by atoms with Gasteiger partial charge in [-0.2, -0.15) is 0 Å². The number of likely N-dealkylation sites (tertiary alicyclic amines) is 1. The molecule has 1 saturated heterocycles. The number of amides is 2. The van der Waals surface area contributed by atoms with Crippen molar-refractivity contribution in [1.82, 2.24) is 4.90 Å². The average molecular weight is 304 g/mol. The summed E-state index contributed by atoms with van der Waals surface area (Å²) in [5.74, 6) is -0.348. The maximum Gasteiger partial charge on any atom is 0.338 e. The van der Waals surface area contributed by atoms with Gasteiger partial charge in [0.2, 0.25) is 0 Å². The molecular formula is C17H24N2O3. The summed E-state index contributed by atoms with van der Waals surface area (Å²) in [6, 6.07) is 7.20. The van der Waals surface area contributed by atoms with E-state index in [1.807, 2.05) is 4.90 Å². The third-order valence-corrected chi connectivity index (χ3v) is 4.08. The van der Waals surface area contributed by atoms with Crippen LogP contribution in [0.5, 0.6) is 0 Å². The van der Waals surface area contributed by atoms with Gasteiger partial charge in [0.15, 0.2) is 0 Å². The molecule has 0 bridgehead atoms. The third kappa shape index (κ3) is 3.78. The summed E-state index contributed by atoms with van der Waals surface area (Å²) >= 11 is 0. The Morgan fingerprint density at radius 1 is 1.18 bits per heavy atom. The molecule has 2 rings (SSSR count). The predicted octanol–water partition coefficient (Wildman–Crippen LogP) is 3.66. The summed E-state index contributed by atoms with van der Waals surface area (Å²) < 4.78 is 4.94. The number of nitrogens with zero attached hydrogens (tertiary/aromatic N) is 1. The highest BCUT2D eigenvalue weighted by atomic mass is 16.5. The zero-order chi connectivity index (χ0) is 16.1. The largest absolute Gasteiger partial charge is 0.462 e. The number of benzene rings is 1. The Hall–Kier alpha value is -2.04. The predicted molar refractivity (Wildman–Crippen MR) is 86.0 cm³/mol. The van der Waals surface area contributed by atoms with Crippen LogP contribution in [-0.4, -0.2) is 35.6 Å². The van der Waals surface area contributed by atoms with E-state index in [-0.39, 0.29) is 24.1 Å². The smallest absolute Gasteiger partial charge is 0.338 e. The Labute approximate surface area is 131 Å². The molecule has 1 aliphatic heterocycles. The van der Waals surface area contributed by atoms with Crippen LogP contribution in [0, 0.1) is 0 Å². The number of ether oxygens (including phenoxy) is 1. The van der Waals surface area contributed by atoms with E-state index in [0.717, 1.165) is 12.8 Å². The molecule has 0 aliphatic carbocycles. The summed E-state index contributed by atoms with van der Waals surface area (Å²) in [6.45, 7) is 6.29. The highest BCUT2D eigenvalue weighted by Gasteiger charge is 2.28. The van der Waals surface area contributed by atoms with Crippen LogP contribution in [0.3, 0.4) is 0 Å². The molecular weight excluding hydrogens is 280 g/mol. The van der Waals surface area contributed by atoms with Crippen molar-refractivity contribution in [3.05, 3.63) is 29.8 Å². The lowest BCUT2D eigenvalue weighted by Crippen LogP contribution is -2.49. The van der Waals surface area contributed by atoms with E-state index in [1.165, 1.54) is 6.42 Å². The molecule has 0 radical (unpaired) electrons. The van der Waals surface area contributed by atoms with Crippen molar-refractivity contribution >= 4 is 17.7 Å². The van der Waals surface area contributed by atoms with Gasteiger partial charge >= 0.3 is 12.0 Å². The summed E-state index contributed by atoms with van der Waals surface area (Å²) in [7, 11) is 0. The van der Waals surface area contributed by atoms with Gasteiger partial charge in [0.05, 0.1) is 12.2 Å². The van der Waals surface area contributed by atoms with Crippen molar-refractivity contribution in [1.29, 1.82) is 0 Å². The fourth-order valence-electron chi connectivity index (χ4n) is 2.91. The Kier molecular flexibility index (Phi) is 5.41. The van der Waals surface area contributed by atoms with Crippen LogP contribution < -0.4 is 5.32 Å².